The number of benzene rings is 2. The maximum absolute atomic E-state index is 11.2. The molecule has 2 rings (SSSR count). The number of nitrogen functional groups attached to an aromatic ring is 1. The summed E-state index contributed by atoms with van der Waals surface area (Å²) in [5, 5.41) is 1.40. The van der Waals surface area contributed by atoms with Crippen molar-refractivity contribution in [2.75, 3.05) is 12.8 Å². The van der Waals surface area contributed by atoms with Gasteiger partial charge in [-0.2, -0.15) is 8.42 Å². The van der Waals surface area contributed by atoms with Crippen molar-refractivity contribution >= 4 is 26.6 Å². The second kappa shape index (κ2) is 3.90. The van der Waals surface area contributed by atoms with Crippen LogP contribution in [0.25, 0.3) is 10.8 Å². The molecule has 0 saturated heterocycles. The van der Waals surface area contributed by atoms with Gasteiger partial charge in [0.05, 0.1) is 7.11 Å². The molecule has 90 valence electrons. The quantitative estimate of drug-likeness (QED) is 0.627. The van der Waals surface area contributed by atoms with Gasteiger partial charge in [0.15, 0.2) is 0 Å². The van der Waals surface area contributed by atoms with Crippen molar-refractivity contribution in [2.24, 2.45) is 0 Å². The Hall–Kier alpha value is -1.79. The largest absolute Gasteiger partial charge is 0.495 e. The second-order valence-corrected chi connectivity index (χ2v) is 4.97. The summed E-state index contributed by atoms with van der Waals surface area (Å²) in [6, 6.07) is 7.96. The Labute approximate surface area is 98.6 Å². The monoisotopic (exact) mass is 253 g/mol. The van der Waals surface area contributed by atoms with Gasteiger partial charge in [-0.3, -0.25) is 4.55 Å². The van der Waals surface area contributed by atoms with Crippen LogP contribution < -0.4 is 10.5 Å². The third-order valence-electron chi connectivity index (χ3n) is 2.42. The van der Waals surface area contributed by atoms with E-state index in [2.05, 4.69) is 0 Å². The van der Waals surface area contributed by atoms with Crippen LogP contribution in [0.3, 0.4) is 0 Å². The molecule has 6 heteroatoms. The van der Waals surface area contributed by atoms with Gasteiger partial charge in [-0.15, -0.1) is 0 Å². The summed E-state index contributed by atoms with van der Waals surface area (Å²) in [6.07, 6.45) is 0. The smallest absolute Gasteiger partial charge is 0.298 e. The highest BCUT2D eigenvalue weighted by Crippen LogP contribution is 2.30. The van der Waals surface area contributed by atoms with Crippen LogP contribution in [0, 0.1) is 0 Å². The molecule has 5 nitrogen and oxygen atoms in total. The van der Waals surface area contributed by atoms with Crippen molar-refractivity contribution in [3.63, 3.8) is 0 Å². The van der Waals surface area contributed by atoms with E-state index >= 15 is 0 Å². The molecule has 0 aromatic heterocycles. The van der Waals surface area contributed by atoms with Crippen LogP contribution in [0.4, 0.5) is 5.69 Å². The van der Waals surface area contributed by atoms with Crippen LogP contribution in [0.2, 0.25) is 0 Å². The maximum Gasteiger partial charge on any atom is 0.298 e. The molecule has 0 aliphatic heterocycles. The molecule has 0 amide bonds. The Morgan fingerprint density at radius 1 is 1.18 bits per heavy atom. The van der Waals surface area contributed by atoms with Gasteiger partial charge >= 0.3 is 0 Å². The fourth-order valence-electron chi connectivity index (χ4n) is 1.64. The third-order valence-corrected chi connectivity index (χ3v) is 3.30. The molecule has 0 radical (unpaired) electrons. The maximum atomic E-state index is 11.2. The number of rotatable bonds is 2. The van der Waals surface area contributed by atoms with Gasteiger partial charge in [0.25, 0.3) is 10.1 Å². The molecule has 0 saturated carbocycles. The van der Waals surface area contributed by atoms with Crippen LogP contribution in [0.1, 0.15) is 0 Å². The first kappa shape index (κ1) is 11.7. The third kappa shape index (κ3) is 2.17. The molecule has 0 heterocycles. The van der Waals surface area contributed by atoms with Crippen molar-refractivity contribution in [1.29, 1.82) is 0 Å². The summed E-state index contributed by atoms with van der Waals surface area (Å²) in [4.78, 5) is -0.266. The van der Waals surface area contributed by atoms with Crippen molar-refractivity contribution < 1.29 is 17.7 Å². The molecule has 17 heavy (non-hydrogen) atoms. The lowest BCUT2D eigenvalue weighted by molar-refractivity contribution is 0.398. The topological polar surface area (TPSA) is 89.6 Å². The van der Waals surface area contributed by atoms with E-state index in [-0.39, 0.29) is 10.6 Å². The molecule has 0 aliphatic carbocycles. The van der Waals surface area contributed by atoms with E-state index in [9.17, 15) is 8.42 Å². The fraction of sp³-hybridized carbons (Fsp3) is 0.0909. The Kier molecular flexibility index (Phi) is 2.68. The van der Waals surface area contributed by atoms with Gasteiger partial charge in [0.2, 0.25) is 0 Å². The number of fused-ring (bicyclic) bond motifs is 1. The van der Waals surface area contributed by atoms with Gasteiger partial charge in [-0.25, -0.2) is 0 Å². The number of hydrogen-bond acceptors (Lipinski definition) is 4. The predicted octanol–water partition coefficient (Wildman–Crippen LogP) is 1.68. The van der Waals surface area contributed by atoms with E-state index in [0.717, 1.165) is 5.39 Å². The van der Waals surface area contributed by atoms with Crippen LogP contribution in [0.5, 0.6) is 5.75 Å². The molecule has 0 unspecified atom stereocenters. The molecule has 2 aromatic carbocycles. The first-order chi connectivity index (χ1) is 7.91. The Morgan fingerprint density at radius 2 is 1.88 bits per heavy atom. The van der Waals surface area contributed by atoms with Crippen molar-refractivity contribution in [2.45, 2.75) is 4.90 Å². The first-order valence-electron chi connectivity index (χ1n) is 4.76. The Balaban J connectivity index is 2.83. The molecule has 0 aliphatic rings. The van der Waals surface area contributed by atoms with Crippen molar-refractivity contribution in [1.82, 2.24) is 0 Å². The zero-order valence-electron chi connectivity index (χ0n) is 9.04. The van der Waals surface area contributed by atoms with Gasteiger partial charge in [0, 0.05) is 5.69 Å². The van der Waals surface area contributed by atoms with Crippen LogP contribution in [0.15, 0.2) is 35.2 Å². The van der Waals surface area contributed by atoms with Crippen LogP contribution in [-0.2, 0) is 10.1 Å². The number of methoxy groups -OCH3 is 1. The molecule has 0 spiro atoms. The minimum Gasteiger partial charge on any atom is -0.495 e. The summed E-state index contributed by atoms with van der Waals surface area (Å²) in [5.74, 6) is 0.102. The lowest BCUT2D eigenvalue weighted by Gasteiger charge is -2.08. The van der Waals surface area contributed by atoms with Gasteiger partial charge < -0.3 is 10.5 Å². The molecule has 0 fully saturated rings. The van der Waals surface area contributed by atoms with Crippen molar-refractivity contribution in [3.8, 4) is 5.75 Å². The summed E-state index contributed by atoms with van der Waals surface area (Å²) in [7, 11) is -2.98. The fourth-order valence-corrected chi connectivity index (χ4v) is 2.31. The number of nitrogens with two attached hydrogens (primary N) is 1. The standard InChI is InChI=1S/C11H11NO4S/c1-16-10-5-7-2-3-9(12)4-8(7)6-11(10)17(13,14)15/h2-6H,12H2,1H3,(H,13,14,15). The zero-order chi connectivity index (χ0) is 12.6. The SMILES string of the molecule is COc1cc2ccc(N)cc2cc1S(=O)(=O)O. The van der Waals surface area contributed by atoms with E-state index in [0.29, 0.717) is 11.1 Å². The average molecular weight is 253 g/mol. The second-order valence-electron chi connectivity index (χ2n) is 3.58. The first-order valence-corrected chi connectivity index (χ1v) is 6.20. The Morgan fingerprint density at radius 3 is 2.47 bits per heavy atom. The number of anilines is 1. The molecular formula is C11H11NO4S. The summed E-state index contributed by atoms with van der Waals surface area (Å²) in [6.45, 7) is 0. The normalized spacial score (nSPS) is 11.6. The molecule has 3 N–H and O–H groups in total. The molecular weight excluding hydrogens is 242 g/mol. The molecule has 0 atom stereocenters. The predicted molar refractivity (Wildman–Crippen MR) is 64.7 cm³/mol. The van der Waals surface area contributed by atoms with E-state index in [1.165, 1.54) is 19.2 Å². The van der Waals surface area contributed by atoms with Crippen molar-refractivity contribution in [3.05, 3.63) is 30.3 Å². The van der Waals surface area contributed by atoms with E-state index in [1.807, 2.05) is 0 Å². The van der Waals surface area contributed by atoms with Gasteiger partial charge in [-0.05, 0) is 35.0 Å². The average Bonchev–Trinajstić information content (AvgIpc) is 2.26. The highest BCUT2D eigenvalue weighted by Gasteiger charge is 2.17. The summed E-state index contributed by atoms with van der Waals surface area (Å²) in [5.41, 5.74) is 6.13. The molecule has 0 bridgehead atoms. The Bertz CT molecular complexity index is 679. The number of ether oxygens (including phenoxy) is 1. The minimum atomic E-state index is -4.32. The highest BCUT2D eigenvalue weighted by molar-refractivity contribution is 7.86. The zero-order valence-corrected chi connectivity index (χ0v) is 9.86. The van der Waals surface area contributed by atoms with E-state index in [1.54, 1.807) is 18.2 Å². The summed E-state index contributed by atoms with van der Waals surface area (Å²) < 4.78 is 36.4. The molecule has 2 aromatic rings. The van der Waals surface area contributed by atoms with Crippen LogP contribution in [-0.4, -0.2) is 20.1 Å². The van der Waals surface area contributed by atoms with Crippen LogP contribution >= 0.6 is 0 Å². The summed E-state index contributed by atoms with van der Waals surface area (Å²) >= 11 is 0. The highest BCUT2D eigenvalue weighted by atomic mass is 32.2. The van der Waals surface area contributed by atoms with Gasteiger partial charge in [-0.1, -0.05) is 6.07 Å². The van der Waals surface area contributed by atoms with E-state index in [4.69, 9.17) is 15.0 Å². The lowest BCUT2D eigenvalue weighted by atomic mass is 10.1. The van der Waals surface area contributed by atoms with Gasteiger partial charge in [0.1, 0.15) is 10.6 Å². The minimum absolute atomic E-state index is 0.102. The number of hydrogen-bond donors (Lipinski definition) is 2. The lowest BCUT2D eigenvalue weighted by Crippen LogP contribution is -2.01. The van der Waals surface area contributed by atoms with E-state index < -0.39 is 10.1 Å².